The SMILES string of the molecule is CC1CC(N(c2ccc(-c3cccc4c3sc3ccccc34)cc2)C2CC=Cc3c2oc2c3ccc3c2c2ccccc2n3-c2ccccc2)=CC=C1c1ccccc1. The lowest BCUT2D eigenvalue weighted by atomic mass is 9.85. The maximum atomic E-state index is 7.31. The lowest BCUT2D eigenvalue weighted by Gasteiger charge is -2.38. The van der Waals surface area contributed by atoms with Crippen molar-refractivity contribution in [3.05, 3.63) is 205 Å². The van der Waals surface area contributed by atoms with E-state index >= 15 is 0 Å². The predicted octanol–water partition coefficient (Wildman–Crippen LogP) is 15.5. The molecule has 7 aromatic carbocycles. The molecule has 0 spiro atoms. The van der Waals surface area contributed by atoms with Gasteiger partial charge in [0.25, 0.3) is 0 Å². The lowest BCUT2D eigenvalue weighted by Crippen LogP contribution is -2.30. The number of aromatic nitrogens is 1. The molecule has 3 nitrogen and oxygen atoms in total. The van der Waals surface area contributed by atoms with Gasteiger partial charge in [-0.1, -0.05) is 140 Å². The first-order valence-electron chi connectivity index (χ1n) is 20.7. The van der Waals surface area contributed by atoms with Crippen molar-refractivity contribution in [1.29, 1.82) is 0 Å². The van der Waals surface area contributed by atoms with Gasteiger partial charge >= 0.3 is 0 Å². The molecule has 0 amide bonds. The van der Waals surface area contributed by atoms with Gasteiger partial charge in [-0.2, -0.15) is 0 Å². The standard InChI is InChI=1S/C55H40N2OS/c1-35-34-40(30-31-41(35)36-14-4-2-5-15-36)56(39-28-26-37(27-29-39)42-20-12-22-46-43-18-9-11-25-51(43)59-55(42)46)50-24-13-21-44-45-32-33-49-52(54(45)58-53(44)50)47-19-8-10-23-48(47)57(49)38-16-6-3-7-17-38/h2-23,25-33,35,50H,24,34H2,1H3. The zero-order valence-electron chi connectivity index (χ0n) is 32.7. The van der Waals surface area contributed by atoms with Crippen LogP contribution in [0.25, 0.3) is 81.4 Å². The summed E-state index contributed by atoms with van der Waals surface area (Å²) in [5.74, 6) is 1.37. The molecule has 0 saturated heterocycles. The van der Waals surface area contributed by atoms with Crippen LogP contribution >= 0.6 is 11.3 Å². The summed E-state index contributed by atoms with van der Waals surface area (Å²) >= 11 is 1.89. The fourth-order valence-corrected chi connectivity index (χ4v) is 11.2. The van der Waals surface area contributed by atoms with Crippen LogP contribution in [0.4, 0.5) is 5.69 Å². The van der Waals surface area contributed by atoms with E-state index < -0.39 is 0 Å². The zero-order chi connectivity index (χ0) is 39.0. The molecule has 0 aliphatic heterocycles. The molecule has 2 unspecified atom stereocenters. The fourth-order valence-electron chi connectivity index (χ4n) is 9.92. The Morgan fingerprint density at radius 3 is 2.20 bits per heavy atom. The number of fused-ring (bicyclic) bond motifs is 10. The topological polar surface area (TPSA) is 21.3 Å². The Morgan fingerprint density at radius 2 is 1.37 bits per heavy atom. The molecule has 12 rings (SSSR count). The van der Waals surface area contributed by atoms with Crippen molar-refractivity contribution < 1.29 is 4.42 Å². The van der Waals surface area contributed by atoms with E-state index in [0.717, 1.165) is 46.2 Å². The van der Waals surface area contributed by atoms with Gasteiger partial charge in [0.1, 0.15) is 11.3 Å². The van der Waals surface area contributed by atoms with E-state index in [1.165, 1.54) is 70.3 Å². The summed E-state index contributed by atoms with van der Waals surface area (Å²) in [6.07, 6.45) is 11.1. The third kappa shape index (κ3) is 5.40. The Labute approximate surface area is 347 Å². The molecule has 3 heterocycles. The smallest absolute Gasteiger partial charge is 0.145 e. The molecule has 0 bridgehead atoms. The van der Waals surface area contributed by atoms with Gasteiger partial charge in [-0.3, -0.25) is 0 Å². The number of nitrogens with zero attached hydrogens (tertiary/aromatic N) is 2. The number of allylic oxidation sites excluding steroid dienone is 4. The zero-order valence-corrected chi connectivity index (χ0v) is 33.5. The summed E-state index contributed by atoms with van der Waals surface area (Å²) in [4.78, 5) is 2.58. The predicted molar refractivity (Wildman–Crippen MR) is 250 cm³/mol. The van der Waals surface area contributed by atoms with Crippen molar-refractivity contribution in [3.63, 3.8) is 0 Å². The Kier molecular flexibility index (Phi) is 7.89. The number of para-hydroxylation sites is 2. The highest BCUT2D eigenvalue weighted by Crippen LogP contribution is 2.48. The number of hydrogen-bond donors (Lipinski definition) is 0. The van der Waals surface area contributed by atoms with E-state index in [4.69, 9.17) is 4.42 Å². The maximum absolute atomic E-state index is 7.31. The van der Waals surface area contributed by atoms with Crippen molar-refractivity contribution in [2.24, 2.45) is 5.92 Å². The van der Waals surface area contributed by atoms with Gasteiger partial charge in [-0.15, -0.1) is 11.3 Å². The van der Waals surface area contributed by atoms with E-state index in [-0.39, 0.29) is 6.04 Å². The lowest BCUT2D eigenvalue weighted by molar-refractivity contribution is 0.478. The van der Waals surface area contributed by atoms with Gasteiger partial charge in [0, 0.05) is 53.6 Å². The average molecular weight is 777 g/mol. The molecule has 282 valence electrons. The first-order chi connectivity index (χ1) is 29.2. The number of thiophene rings is 1. The normalized spacial score (nSPS) is 16.6. The van der Waals surface area contributed by atoms with Gasteiger partial charge < -0.3 is 13.9 Å². The molecular weight excluding hydrogens is 737 g/mol. The molecule has 59 heavy (non-hydrogen) atoms. The number of hydrogen-bond acceptors (Lipinski definition) is 3. The van der Waals surface area contributed by atoms with Crippen molar-refractivity contribution in [3.8, 4) is 16.8 Å². The molecule has 0 fully saturated rings. The highest BCUT2D eigenvalue weighted by molar-refractivity contribution is 7.26. The number of rotatable bonds is 6. The van der Waals surface area contributed by atoms with E-state index in [1.807, 2.05) is 11.3 Å². The van der Waals surface area contributed by atoms with Crippen LogP contribution in [0.5, 0.6) is 0 Å². The van der Waals surface area contributed by atoms with Crippen LogP contribution in [0, 0.1) is 5.92 Å². The van der Waals surface area contributed by atoms with Crippen molar-refractivity contribution in [2.45, 2.75) is 25.8 Å². The van der Waals surface area contributed by atoms with Crippen LogP contribution in [0.3, 0.4) is 0 Å². The summed E-state index contributed by atoms with van der Waals surface area (Å²) in [5, 5.41) is 6.17. The minimum Gasteiger partial charge on any atom is -0.457 e. The molecular formula is C55H40N2OS. The van der Waals surface area contributed by atoms with Gasteiger partial charge in [-0.25, -0.2) is 0 Å². The van der Waals surface area contributed by atoms with Crippen LogP contribution in [0.2, 0.25) is 0 Å². The highest BCUT2D eigenvalue weighted by atomic mass is 32.1. The van der Waals surface area contributed by atoms with Gasteiger partial charge in [0.2, 0.25) is 0 Å². The summed E-state index contributed by atoms with van der Waals surface area (Å²) in [7, 11) is 0. The van der Waals surface area contributed by atoms with Crippen LogP contribution in [0.15, 0.2) is 192 Å². The summed E-state index contributed by atoms with van der Waals surface area (Å²) in [6.45, 7) is 2.37. The van der Waals surface area contributed by atoms with Crippen LogP contribution < -0.4 is 4.90 Å². The summed E-state index contributed by atoms with van der Waals surface area (Å²) in [5.41, 5.74) is 13.3. The minimum absolute atomic E-state index is 0.0260. The third-order valence-electron chi connectivity index (χ3n) is 12.6. The largest absolute Gasteiger partial charge is 0.457 e. The molecule has 2 aliphatic rings. The van der Waals surface area contributed by atoms with E-state index in [0.29, 0.717) is 5.92 Å². The van der Waals surface area contributed by atoms with Crippen molar-refractivity contribution in [2.75, 3.05) is 4.90 Å². The highest BCUT2D eigenvalue weighted by Gasteiger charge is 2.34. The van der Waals surface area contributed by atoms with Crippen LogP contribution in [-0.2, 0) is 0 Å². The summed E-state index contributed by atoms with van der Waals surface area (Å²) in [6, 6.07) is 59.6. The number of anilines is 1. The van der Waals surface area contributed by atoms with Crippen LogP contribution in [0.1, 0.15) is 42.7 Å². The first kappa shape index (κ1) is 34.2. The molecule has 4 heteroatoms. The first-order valence-corrected chi connectivity index (χ1v) is 21.5. The van der Waals surface area contributed by atoms with E-state index in [1.54, 1.807) is 0 Å². The second-order valence-electron chi connectivity index (χ2n) is 16.0. The Balaban J connectivity index is 1.03. The fraction of sp³-hybridized carbons (Fsp3) is 0.0909. The third-order valence-corrected chi connectivity index (χ3v) is 13.8. The van der Waals surface area contributed by atoms with Crippen molar-refractivity contribution in [1.82, 2.24) is 4.57 Å². The molecule has 0 saturated carbocycles. The Hall–Kier alpha value is -6.88. The van der Waals surface area contributed by atoms with Crippen molar-refractivity contribution >= 4 is 81.6 Å². The maximum Gasteiger partial charge on any atom is 0.145 e. The number of benzene rings is 7. The van der Waals surface area contributed by atoms with Gasteiger partial charge in [0.05, 0.1) is 22.5 Å². The molecule has 0 N–H and O–H groups in total. The quantitative estimate of drug-likeness (QED) is 0.168. The molecule has 2 aliphatic carbocycles. The molecule has 3 aromatic heterocycles. The second kappa shape index (κ2) is 13.6. The van der Waals surface area contributed by atoms with Gasteiger partial charge in [0.15, 0.2) is 0 Å². The second-order valence-corrected chi connectivity index (χ2v) is 17.1. The molecule has 10 aromatic rings. The molecule has 2 atom stereocenters. The number of furan rings is 1. The minimum atomic E-state index is -0.0260. The van der Waals surface area contributed by atoms with Crippen LogP contribution in [-0.4, -0.2) is 4.57 Å². The van der Waals surface area contributed by atoms with E-state index in [9.17, 15) is 0 Å². The monoisotopic (exact) mass is 776 g/mol. The molecule has 0 radical (unpaired) electrons. The van der Waals surface area contributed by atoms with Gasteiger partial charge in [-0.05, 0) is 95.6 Å². The van der Waals surface area contributed by atoms with E-state index in [2.05, 4.69) is 204 Å². The average Bonchev–Trinajstić information content (AvgIpc) is 3.97. The summed E-state index contributed by atoms with van der Waals surface area (Å²) < 4.78 is 12.3. The Morgan fingerprint density at radius 1 is 0.627 bits per heavy atom. The Bertz CT molecular complexity index is 3340.